The first-order chi connectivity index (χ1) is 13.4. The van der Waals surface area contributed by atoms with Crippen molar-refractivity contribution in [1.29, 1.82) is 0 Å². The lowest BCUT2D eigenvalue weighted by molar-refractivity contribution is -0.127. The molecule has 0 spiro atoms. The predicted octanol–water partition coefficient (Wildman–Crippen LogP) is 4.53. The lowest BCUT2D eigenvalue weighted by Gasteiger charge is -2.35. The monoisotopic (exact) mass is 395 g/mol. The highest BCUT2D eigenvalue weighted by molar-refractivity contribution is 7.99. The SMILES string of the molecule is CC(C)(C)NC(=O)C1CCN(c2cc(-c3ccccc3)nc3c2SCC3)CC1. The first kappa shape index (κ1) is 19.3. The van der Waals surface area contributed by atoms with Crippen molar-refractivity contribution in [2.75, 3.05) is 23.7 Å². The number of thioether (sulfide) groups is 1. The largest absolute Gasteiger partial charge is 0.370 e. The summed E-state index contributed by atoms with van der Waals surface area (Å²) in [5.74, 6) is 1.43. The summed E-state index contributed by atoms with van der Waals surface area (Å²) in [4.78, 5) is 21.3. The van der Waals surface area contributed by atoms with E-state index in [9.17, 15) is 4.79 Å². The predicted molar refractivity (Wildman–Crippen MR) is 117 cm³/mol. The van der Waals surface area contributed by atoms with E-state index in [1.165, 1.54) is 21.8 Å². The second-order valence-electron chi connectivity index (χ2n) is 8.77. The van der Waals surface area contributed by atoms with Crippen LogP contribution in [0.3, 0.4) is 0 Å². The van der Waals surface area contributed by atoms with E-state index in [-0.39, 0.29) is 17.4 Å². The van der Waals surface area contributed by atoms with Gasteiger partial charge < -0.3 is 10.2 Å². The summed E-state index contributed by atoms with van der Waals surface area (Å²) in [6, 6.07) is 12.7. The average molecular weight is 396 g/mol. The molecule has 1 N–H and O–H groups in total. The summed E-state index contributed by atoms with van der Waals surface area (Å²) in [6.07, 6.45) is 2.85. The van der Waals surface area contributed by atoms with Crippen LogP contribution in [0.25, 0.3) is 11.3 Å². The number of fused-ring (bicyclic) bond motifs is 1. The molecule has 0 radical (unpaired) electrons. The second kappa shape index (κ2) is 7.78. The summed E-state index contributed by atoms with van der Waals surface area (Å²) < 4.78 is 0. The summed E-state index contributed by atoms with van der Waals surface area (Å²) in [6.45, 7) is 7.98. The minimum Gasteiger partial charge on any atom is -0.370 e. The van der Waals surface area contributed by atoms with Crippen molar-refractivity contribution in [2.45, 2.75) is 50.5 Å². The third-order valence-corrected chi connectivity index (χ3v) is 6.52. The number of carbonyl (C=O) groups excluding carboxylic acids is 1. The lowest BCUT2D eigenvalue weighted by Crippen LogP contribution is -2.47. The van der Waals surface area contributed by atoms with Crippen molar-refractivity contribution in [3.63, 3.8) is 0 Å². The molecular formula is C23H29N3OS. The van der Waals surface area contributed by atoms with Crippen LogP contribution in [-0.2, 0) is 11.2 Å². The maximum Gasteiger partial charge on any atom is 0.223 e. The third-order valence-electron chi connectivity index (χ3n) is 5.38. The number of carbonyl (C=O) groups is 1. The van der Waals surface area contributed by atoms with Gasteiger partial charge in [0.15, 0.2) is 0 Å². The molecule has 28 heavy (non-hydrogen) atoms. The molecule has 4 rings (SSSR count). The van der Waals surface area contributed by atoms with E-state index in [0.717, 1.165) is 43.8 Å². The highest BCUT2D eigenvalue weighted by atomic mass is 32.2. The van der Waals surface area contributed by atoms with E-state index in [0.29, 0.717) is 0 Å². The summed E-state index contributed by atoms with van der Waals surface area (Å²) in [5, 5.41) is 3.14. The Morgan fingerprint density at radius 2 is 1.89 bits per heavy atom. The van der Waals surface area contributed by atoms with Crippen molar-refractivity contribution in [1.82, 2.24) is 10.3 Å². The number of aryl methyl sites for hydroxylation is 1. The highest BCUT2D eigenvalue weighted by Gasteiger charge is 2.30. The molecular weight excluding hydrogens is 366 g/mol. The van der Waals surface area contributed by atoms with Crippen LogP contribution in [0.2, 0.25) is 0 Å². The average Bonchev–Trinajstić information content (AvgIpc) is 3.15. The normalized spacial score (nSPS) is 17.5. The van der Waals surface area contributed by atoms with Crippen LogP contribution < -0.4 is 10.2 Å². The molecule has 1 aromatic carbocycles. The minimum absolute atomic E-state index is 0.117. The zero-order chi connectivity index (χ0) is 19.7. The number of hydrogen-bond donors (Lipinski definition) is 1. The highest BCUT2D eigenvalue weighted by Crippen LogP contribution is 2.41. The number of piperidine rings is 1. The van der Waals surface area contributed by atoms with E-state index in [4.69, 9.17) is 4.98 Å². The van der Waals surface area contributed by atoms with Gasteiger partial charge in [0.25, 0.3) is 0 Å². The van der Waals surface area contributed by atoms with Gasteiger partial charge in [0.2, 0.25) is 5.91 Å². The van der Waals surface area contributed by atoms with Crippen LogP contribution in [0.1, 0.15) is 39.3 Å². The number of nitrogens with one attached hydrogen (secondary N) is 1. The molecule has 1 fully saturated rings. The Morgan fingerprint density at radius 3 is 2.57 bits per heavy atom. The zero-order valence-corrected chi connectivity index (χ0v) is 17.8. The smallest absolute Gasteiger partial charge is 0.223 e. The summed E-state index contributed by atoms with van der Waals surface area (Å²) in [5.41, 5.74) is 4.60. The molecule has 1 aromatic heterocycles. The fraction of sp³-hybridized carbons (Fsp3) is 0.478. The fourth-order valence-corrected chi connectivity index (χ4v) is 5.14. The molecule has 3 heterocycles. The molecule has 1 amide bonds. The standard InChI is InChI=1S/C23H29N3OS/c1-23(2,3)25-22(27)17-9-12-26(13-10-17)20-15-19(16-7-5-4-6-8-16)24-18-11-14-28-21(18)20/h4-8,15,17H,9-14H2,1-3H3,(H,25,27). The molecule has 0 aliphatic carbocycles. The number of amides is 1. The van der Waals surface area contributed by atoms with E-state index >= 15 is 0 Å². The van der Waals surface area contributed by atoms with Gasteiger partial charge in [-0.05, 0) is 39.7 Å². The van der Waals surface area contributed by atoms with Gasteiger partial charge in [-0.2, -0.15) is 0 Å². The molecule has 4 nitrogen and oxygen atoms in total. The van der Waals surface area contributed by atoms with Gasteiger partial charge in [-0.1, -0.05) is 30.3 Å². The summed E-state index contributed by atoms with van der Waals surface area (Å²) in [7, 11) is 0. The Bertz CT molecular complexity index is 852. The number of rotatable bonds is 3. The molecule has 1 saturated heterocycles. The van der Waals surface area contributed by atoms with Gasteiger partial charge in [-0.15, -0.1) is 11.8 Å². The molecule has 2 aromatic rings. The van der Waals surface area contributed by atoms with Crippen LogP contribution in [0, 0.1) is 5.92 Å². The number of anilines is 1. The van der Waals surface area contributed by atoms with E-state index in [2.05, 4.69) is 40.5 Å². The Hall–Kier alpha value is -2.01. The number of hydrogen-bond acceptors (Lipinski definition) is 4. The maximum atomic E-state index is 12.5. The Morgan fingerprint density at radius 1 is 1.18 bits per heavy atom. The summed E-state index contributed by atoms with van der Waals surface area (Å²) >= 11 is 1.92. The third kappa shape index (κ3) is 4.19. The van der Waals surface area contributed by atoms with Crippen molar-refractivity contribution in [3.8, 4) is 11.3 Å². The number of benzene rings is 1. The molecule has 5 heteroatoms. The molecule has 148 valence electrons. The number of pyridine rings is 1. The van der Waals surface area contributed by atoms with Gasteiger partial charge in [-0.25, -0.2) is 0 Å². The molecule has 2 aliphatic heterocycles. The lowest BCUT2D eigenvalue weighted by atomic mass is 9.94. The fourth-order valence-electron chi connectivity index (χ4n) is 3.99. The molecule has 0 saturated carbocycles. The van der Waals surface area contributed by atoms with Crippen molar-refractivity contribution in [3.05, 3.63) is 42.1 Å². The molecule has 0 bridgehead atoms. The maximum absolute atomic E-state index is 12.5. The minimum atomic E-state index is -0.165. The van der Waals surface area contributed by atoms with E-state index in [1.807, 2.05) is 38.6 Å². The zero-order valence-electron chi connectivity index (χ0n) is 17.0. The van der Waals surface area contributed by atoms with Crippen molar-refractivity contribution >= 4 is 23.4 Å². The Kier molecular flexibility index (Phi) is 5.37. The van der Waals surface area contributed by atoms with Crippen LogP contribution in [0.4, 0.5) is 5.69 Å². The second-order valence-corrected chi connectivity index (χ2v) is 9.87. The first-order valence-electron chi connectivity index (χ1n) is 10.2. The van der Waals surface area contributed by atoms with Crippen LogP contribution in [0.5, 0.6) is 0 Å². The Labute approximate surface area is 172 Å². The molecule has 0 atom stereocenters. The van der Waals surface area contributed by atoms with Crippen LogP contribution in [0.15, 0.2) is 41.3 Å². The van der Waals surface area contributed by atoms with Gasteiger partial charge in [0.1, 0.15) is 0 Å². The number of aromatic nitrogens is 1. The van der Waals surface area contributed by atoms with Crippen LogP contribution in [-0.4, -0.2) is 35.3 Å². The first-order valence-corrected chi connectivity index (χ1v) is 11.2. The molecule has 2 aliphatic rings. The van der Waals surface area contributed by atoms with E-state index < -0.39 is 0 Å². The van der Waals surface area contributed by atoms with Crippen molar-refractivity contribution in [2.24, 2.45) is 5.92 Å². The topological polar surface area (TPSA) is 45.2 Å². The van der Waals surface area contributed by atoms with Gasteiger partial charge in [-0.3, -0.25) is 9.78 Å². The van der Waals surface area contributed by atoms with Crippen LogP contribution >= 0.6 is 11.8 Å². The molecule has 0 unspecified atom stereocenters. The Balaban J connectivity index is 1.54. The number of nitrogens with zero attached hydrogens (tertiary/aromatic N) is 2. The van der Waals surface area contributed by atoms with E-state index in [1.54, 1.807) is 0 Å². The van der Waals surface area contributed by atoms with Gasteiger partial charge in [0.05, 0.1) is 22.0 Å². The van der Waals surface area contributed by atoms with Gasteiger partial charge >= 0.3 is 0 Å². The van der Waals surface area contributed by atoms with Crippen molar-refractivity contribution < 1.29 is 4.79 Å². The van der Waals surface area contributed by atoms with Gasteiger partial charge in [0, 0.05) is 42.3 Å². The quantitative estimate of drug-likeness (QED) is 0.829.